The van der Waals surface area contributed by atoms with E-state index in [1.165, 1.54) is 16.7 Å². The number of aryl methyl sites for hydroxylation is 1. The first kappa shape index (κ1) is 18.7. The topological polar surface area (TPSA) is 39.7 Å². The average Bonchev–Trinajstić information content (AvgIpc) is 2.69. The van der Waals surface area contributed by atoms with Crippen molar-refractivity contribution in [3.63, 3.8) is 0 Å². The first-order valence-electron chi connectivity index (χ1n) is 9.24. The molecular weight excluding hydrogens is 326 g/mol. The third-order valence-corrected chi connectivity index (χ3v) is 5.35. The van der Waals surface area contributed by atoms with Gasteiger partial charge in [0.05, 0.1) is 14.2 Å². The Hall–Kier alpha value is -2.04. The third-order valence-electron chi connectivity index (χ3n) is 5.35. The van der Waals surface area contributed by atoms with Gasteiger partial charge in [0.25, 0.3) is 0 Å². The summed E-state index contributed by atoms with van der Waals surface area (Å²) in [6.07, 6.45) is 1.98. The summed E-state index contributed by atoms with van der Waals surface area (Å²) in [5.74, 6) is 1.89. The van der Waals surface area contributed by atoms with Crippen LogP contribution in [0.4, 0.5) is 0 Å². The van der Waals surface area contributed by atoms with Crippen LogP contribution in [0.25, 0.3) is 0 Å². The standard InChI is InChI=1S/C22H29NO3/c1-17-8-9-21(25-3)19(14-17)22(10-12-26-13-11-22)16-23-15-18-6-4-5-7-20(18)24-2/h4-9,14,23H,10-13,15-16H2,1-3H3. The van der Waals surface area contributed by atoms with Gasteiger partial charge in [-0.2, -0.15) is 0 Å². The van der Waals surface area contributed by atoms with Gasteiger partial charge < -0.3 is 19.5 Å². The molecule has 1 saturated heterocycles. The average molecular weight is 355 g/mol. The molecule has 0 amide bonds. The summed E-state index contributed by atoms with van der Waals surface area (Å²) in [4.78, 5) is 0. The predicted molar refractivity (Wildman–Crippen MR) is 104 cm³/mol. The van der Waals surface area contributed by atoms with Gasteiger partial charge in [0, 0.05) is 42.8 Å². The van der Waals surface area contributed by atoms with Crippen LogP contribution in [0.15, 0.2) is 42.5 Å². The second kappa shape index (κ2) is 8.56. The van der Waals surface area contributed by atoms with Crippen LogP contribution < -0.4 is 14.8 Å². The molecule has 0 aliphatic carbocycles. The van der Waals surface area contributed by atoms with Crippen molar-refractivity contribution in [1.29, 1.82) is 0 Å². The lowest BCUT2D eigenvalue weighted by Crippen LogP contribution is -2.43. The van der Waals surface area contributed by atoms with E-state index in [1.54, 1.807) is 14.2 Å². The van der Waals surface area contributed by atoms with Gasteiger partial charge in [0.2, 0.25) is 0 Å². The smallest absolute Gasteiger partial charge is 0.123 e. The van der Waals surface area contributed by atoms with Crippen molar-refractivity contribution >= 4 is 0 Å². The van der Waals surface area contributed by atoms with Gasteiger partial charge in [0.1, 0.15) is 11.5 Å². The molecule has 4 nitrogen and oxygen atoms in total. The molecule has 3 rings (SSSR count). The molecule has 0 atom stereocenters. The summed E-state index contributed by atoms with van der Waals surface area (Å²) in [6, 6.07) is 14.6. The summed E-state index contributed by atoms with van der Waals surface area (Å²) < 4.78 is 16.8. The van der Waals surface area contributed by atoms with Gasteiger partial charge in [-0.25, -0.2) is 0 Å². The summed E-state index contributed by atoms with van der Waals surface area (Å²) in [6.45, 7) is 5.37. The number of benzene rings is 2. The summed E-state index contributed by atoms with van der Waals surface area (Å²) in [7, 11) is 3.47. The first-order chi connectivity index (χ1) is 12.7. The Morgan fingerprint density at radius 1 is 1.00 bits per heavy atom. The number of para-hydroxylation sites is 1. The Balaban J connectivity index is 1.81. The van der Waals surface area contributed by atoms with E-state index in [2.05, 4.69) is 36.5 Å². The number of hydrogen-bond donors (Lipinski definition) is 1. The Bertz CT molecular complexity index is 723. The fourth-order valence-electron chi connectivity index (χ4n) is 3.83. The first-order valence-corrected chi connectivity index (χ1v) is 9.24. The van der Waals surface area contributed by atoms with E-state index in [4.69, 9.17) is 14.2 Å². The van der Waals surface area contributed by atoms with E-state index < -0.39 is 0 Å². The second-order valence-electron chi connectivity index (χ2n) is 7.01. The fourth-order valence-corrected chi connectivity index (χ4v) is 3.83. The van der Waals surface area contributed by atoms with Gasteiger partial charge in [-0.05, 0) is 31.9 Å². The minimum atomic E-state index is 0.0254. The zero-order chi connectivity index (χ0) is 18.4. The van der Waals surface area contributed by atoms with Crippen molar-refractivity contribution in [1.82, 2.24) is 5.32 Å². The number of methoxy groups -OCH3 is 2. The molecule has 1 fully saturated rings. The molecule has 0 spiro atoms. The zero-order valence-corrected chi connectivity index (χ0v) is 16.0. The SMILES string of the molecule is COc1ccccc1CNCC1(c2cc(C)ccc2OC)CCOCC1. The zero-order valence-electron chi connectivity index (χ0n) is 16.0. The maximum atomic E-state index is 5.69. The van der Waals surface area contributed by atoms with Crippen molar-refractivity contribution in [3.05, 3.63) is 59.2 Å². The van der Waals surface area contributed by atoms with E-state index in [0.717, 1.165) is 50.6 Å². The molecule has 1 aliphatic rings. The molecule has 0 bridgehead atoms. The lowest BCUT2D eigenvalue weighted by atomic mass is 9.73. The lowest BCUT2D eigenvalue weighted by molar-refractivity contribution is 0.0489. The highest BCUT2D eigenvalue weighted by atomic mass is 16.5. The van der Waals surface area contributed by atoms with Crippen LogP contribution >= 0.6 is 0 Å². The molecule has 1 aliphatic heterocycles. The maximum Gasteiger partial charge on any atom is 0.123 e. The van der Waals surface area contributed by atoms with Gasteiger partial charge >= 0.3 is 0 Å². The van der Waals surface area contributed by atoms with Crippen LogP contribution in [0, 0.1) is 6.92 Å². The minimum absolute atomic E-state index is 0.0254. The number of ether oxygens (including phenoxy) is 3. The van der Waals surface area contributed by atoms with Crippen LogP contribution in [0.2, 0.25) is 0 Å². The molecule has 0 radical (unpaired) electrons. The van der Waals surface area contributed by atoms with E-state index in [-0.39, 0.29) is 5.41 Å². The molecular formula is C22H29NO3. The van der Waals surface area contributed by atoms with Crippen molar-refractivity contribution in [2.75, 3.05) is 34.0 Å². The van der Waals surface area contributed by atoms with E-state index in [0.29, 0.717) is 0 Å². The van der Waals surface area contributed by atoms with Crippen molar-refractivity contribution < 1.29 is 14.2 Å². The number of rotatable bonds is 7. The molecule has 2 aromatic rings. The molecule has 26 heavy (non-hydrogen) atoms. The third kappa shape index (κ3) is 4.02. The highest BCUT2D eigenvalue weighted by Gasteiger charge is 2.36. The Morgan fingerprint density at radius 3 is 2.46 bits per heavy atom. The normalized spacial score (nSPS) is 16.3. The van der Waals surface area contributed by atoms with E-state index >= 15 is 0 Å². The maximum absolute atomic E-state index is 5.69. The minimum Gasteiger partial charge on any atom is -0.496 e. The summed E-state index contributed by atoms with van der Waals surface area (Å²) in [5, 5.41) is 3.67. The largest absolute Gasteiger partial charge is 0.496 e. The van der Waals surface area contributed by atoms with Gasteiger partial charge in [-0.3, -0.25) is 0 Å². The molecule has 1 N–H and O–H groups in total. The van der Waals surface area contributed by atoms with E-state index in [1.807, 2.05) is 18.2 Å². The molecule has 2 aromatic carbocycles. The van der Waals surface area contributed by atoms with Crippen LogP contribution in [0.3, 0.4) is 0 Å². The molecule has 0 unspecified atom stereocenters. The van der Waals surface area contributed by atoms with Crippen LogP contribution in [0.5, 0.6) is 11.5 Å². The monoisotopic (exact) mass is 355 g/mol. The highest BCUT2D eigenvalue weighted by Crippen LogP contribution is 2.40. The molecule has 140 valence electrons. The van der Waals surface area contributed by atoms with E-state index in [9.17, 15) is 0 Å². The highest BCUT2D eigenvalue weighted by molar-refractivity contribution is 5.43. The summed E-state index contributed by atoms with van der Waals surface area (Å²) in [5.41, 5.74) is 3.75. The molecule has 4 heteroatoms. The van der Waals surface area contributed by atoms with Gasteiger partial charge in [-0.15, -0.1) is 0 Å². The quantitative estimate of drug-likeness (QED) is 0.819. The number of hydrogen-bond acceptors (Lipinski definition) is 4. The molecule has 1 heterocycles. The second-order valence-corrected chi connectivity index (χ2v) is 7.01. The van der Waals surface area contributed by atoms with Crippen LogP contribution in [-0.4, -0.2) is 34.0 Å². The Kier molecular flexibility index (Phi) is 6.17. The van der Waals surface area contributed by atoms with Crippen LogP contribution in [0.1, 0.15) is 29.5 Å². The van der Waals surface area contributed by atoms with Gasteiger partial charge in [0.15, 0.2) is 0 Å². The summed E-state index contributed by atoms with van der Waals surface area (Å²) >= 11 is 0. The predicted octanol–water partition coefficient (Wildman–Crippen LogP) is 3.85. The van der Waals surface area contributed by atoms with Gasteiger partial charge in [-0.1, -0.05) is 35.9 Å². The van der Waals surface area contributed by atoms with Crippen molar-refractivity contribution in [3.8, 4) is 11.5 Å². The van der Waals surface area contributed by atoms with Crippen LogP contribution in [-0.2, 0) is 16.7 Å². The Morgan fingerprint density at radius 2 is 1.73 bits per heavy atom. The number of nitrogens with one attached hydrogen (secondary N) is 1. The Labute approximate surface area is 156 Å². The fraction of sp³-hybridized carbons (Fsp3) is 0.455. The van der Waals surface area contributed by atoms with Crippen molar-refractivity contribution in [2.45, 2.75) is 31.7 Å². The molecule has 0 saturated carbocycles. The lowest BCUT2D eigenvalue weighted by Gasteiger charge is -2.39. The van der Waals surface area contributed by atoms with Crippen molar-refractivity contribution in [2.24, 2.45) is 0 Å². The molecule has 0 aromatic heterocycles.